The number of nitrogens with zero attached hydrogens (tertiary/aromatic N) is 1. The zero-order valence-corrected chi connectivity index (χ0v) is 11.9. The highest BCUT2D eigenvalue weighted by molar-refractivity contribution is 8.00. The standard InChI is InChI=1S/C11H12N2O5S2/c12-10(14)7-1-3-8(4-2-7)20(17,18)13-6-19-5-9(13)11(15)16/h1-4,9H,5-6H2,(H2,12,14)(H,15,16)/t9-/m0/s1. The topological polar surface area (TPSA) is 118 Å². The lowest BCUT2D eigenvalue weighted by molar-refractivity contribution is -0.140. The van der Waals surface area contributed by atoms with E-state index in [1.54, 1.807) is 0 Å². The fourth-order valence-corrected chi connectivity index (χ4v) is 4.92. The lowest BCUT2D eigenvalue weighted by Gasteiger charge is -2.20. The van der Waals surface area contributed by atoms with E-state index in [0.717, 1.165) is 4.31 Å². The summed E-state index contributed by atoms with van der Waals surface area (Å²) in [4.78, 5) is 21.9. The lowest BCUT2D eigenvalue weighted by atomic mass is 10.2. The molecule has 1 aromatic carbocycles. The molecular weight excluding hydrogens is 304 g/mol. The Morgan fingerprint density at radius 3 is 2.40 bits per heavy atom. The number of carbonyl (C=O) groups excluding carboxylic acids is 1. The van der Waals surface area contributed by atoms with Gasteiger partial charge in [-0.1, -0.05) is 0 Å². The molecule has 7 nitrogen and oxygen atoms in total. The van der Waals surface area contributed by atoms with Crippen molar-refractivity contribution in [1.29, 1.82) is 0 Å². The van der Waals surface area contributed by atoms with Gasteiger partial charge in [0.25, 0.3) is 0 Å². The summed E-state index contributed by atoms with van der Waals surface area (Å²) in [5, 5.41) is 9.03. The number of rotatable bonds is 4. The first kappa shape index (κ1) is 14.8. The van der Waals surface area contributed by atoms with Gasteiger partial charge in [-0.3, -0.25) is 9.59 Å². The van der Waals surface area contributed by atoms with Gasteiger partial charge < -0.3 is 10.8 Å². The van der Waals surface area contributed by atoms with Crippen LogP contribution in [0.25, 0.3) is 0 Å². The van der Waals surface area contributed by atoms with E-state index in [2.05, 4.69) is 0 Å². The molecule has 20 heavy (non-hydrogen) atoms. The fourth-order valence-electron chi connectivity index (χ4n) is 1.79. The van der Waals surface area contributed by atoms with Crippen LogP contribution in [0.4, 0.5) is 0 Å². The van der Waals surface area contributed by atoms with Crippen molar-refractivity contribution in [3.8, 4) is 0 Å². The molecule has 1 aliphatic heterocycles. The average Bonchev–Trinajstić information content (AvgIpc) is 2.89. The van der Waals surface area contributed by atoms with Crippen molar-refractivity contribution in [3.05, 3.63) is 29.8 Å². The van der Waals surface area contributed by atoms with Crippen LogP contribution >= 0.6 is 11.8 Å². The number of sulfonamides is 1. The Morgan fingerprint density at radius 2 is 1.90 bits per heavy atom. The van der Waals surface area contributed by atoms with Crippen molar-refractivity contribution < 1.29 is 23.1 Å². The van der Waals surface area contributed by atoms with Gasteiger partial charge in [-0.25, -0.2) is 8.42 Å². The molecule has 108 valence electrons. The summed E-state index contributed by atoms with van der Waals surface area (Å²) >= 11 is 1.24. The van der Waals surface area contributed by atoms with Crippen LogP contribution in [0.1, 0.15) is 10.4 Å². The third-order valence-electron chi connectivity index (χ3n) is 2.87. The molecule has 9 heteroatoms. The molecular formula is C11H12N2O5S2. The van der Waals surface area contributed by atoms with E-state index in [-0.39, 0.29) is 22.1 Å². The van der Waals surface area contributed by atoms with Crippen molar-refractivity contribution in [3.63, 3.8) is 0 Å². The third-order valence-corrected chi connectivity index (χ3v) is 5.92. The number of amides is 1. The number of thioether (sulfide) groups is 1. The minimum absolute atomic E-state index is 0.0590. The molecule has 1 aromatic rings. The molecule has 1 atom stereocenters. The number of aliphatic carboxylic acids is 1. The van der Waals surface area contributed by atoms with Crippen LogP contribution in [0.15, 0.2) is 29.2 Å². The van der Waals surface area contributed by atoms with Crippen LogP contribution in [-0.2, 0) is 14.8 Å². The number of primary amides is 1. The van der Waals surface area contributed by atoms with Crippen LogP contribution in [0.2, 0.25) is 0 Å². The van der Waals surface area contributed by atoms with Gasteiger partial charge >= 0.3 is 5.97 Å². The van der Waals surface area contributed by atoms with E-state index in [4.69, 9.17) is 10.8 Å². The second kappa shape index (κ2) is 5.43. The summed E-state index contributed by atoms with van der Waals surface area (Å²) in [7, 11) is -3.90. The molecule has 1 aliphatic rings. The maximum Gasteiger partial charge on any atom is 0.322 e. The lowest BCUT2D eigenvalue weighted by Crippen LogP contribution is -2.41. The maximum atomic E-state index is 12.4. The molecule has 2 rings (SSSR count). The van der Waals surface area contributed by atoms with Gasteiger partial charge in [0.1, 0.15) is 6.04 Å². The smallest absolute Gasteiger partial charge is 0.322 e. The minimum atomic E-state index is -3.90. The van der Waals surface area contributed by atoms with E-state index >= 15 is 0 Å². The zero-order chi connectivity index (χ0) is 14.9. The molecule has 1 fully saturated rings. The molecule has 0 radical (unpaired) electrons. The van der Waals surface area contributed by atoms with E-state index in [9.17, 15) is 18.0 Å². The largest absolute Gasteiger partial charge is 0.480 e. The molecule has 1 heterocycles. The number of carboxylic acid groups (broad SMARTS) is 1. The summed E-state index contributed by atoms with van der Waals surface area (Å²) in [5.41, 5.74) is 5.27. The Morgan fingerprint density at radius 1 is 1.30 bits per heavy atom. The Hall–Kier alpha value is -1.58. The van der Waals surface area contributed by atoms with E-state index in [0.29, 0.717) is 0 Å². The summed E-state index contributed by atoms with van der Waals surface area (Å²) < 4.78 is 25.7. The van der Waals surface area contributed by atoms with Gasteiger partial charge in [0.05, 0.1) is 10.8 Å². The minimum Gasteiger partial charge on any atom is -0.480 e. The van der Waals surface area contributed by atoms with Crippen LogP contribution < -0.4 is 5.73 Å². The molecule has 3 N–H and O–H groups in total. The van der Waals surface area contributed by atoms with Gasteiger partial charge in [0, 0.05) is 11.3 Å². The number of nitrogens with two attached hydrogens (primary N) is 1. The van der Waals surface area contributed by atoms with Gasteiger partial charge in [0.15, 0.2) is 0 Å². The predicted molar refractivity (Wildman–Crippen MR) is 72.7 cm³/mol. The number of benzene rings is 1. The van der Waals surface area contributed by atoms with Gasteiger partial charge in [0.2, 0.25) is 15.9 Å². The second-order valence-electron chi connectivity index (χ2n) is 4.13. The highest BCUT2D eigenvalue weighted by Gasteiger charge is 2.40. The highest BCUT2D eigenvalue weighted by Crippen LogP contribution is 2.28. The van der Waals surface area contributed by atoms with Crippen LogP contribution in [-0.4, -0.2) is 47.4 Å². The maximum absolute atomic E-state index is 12.4. The first-order valence-electron chi connectivity index (χ1n) is 5.56. The predicted octanol–water partition coefficient (Wildman–Crippen LogP) is -0.0663. The quantitative estimate of drug-likeness (QED) is 0.803. The monoisotopic (exact) mass is 316 g/mol. The fraction of sp³-hybridized carbons (Fsp3) is 0.273. The summed E-state index contributed by atoms with van der Waals surface area (Å²) in [5.74, 6) is -1.52. The van der Waals surface area contributed by atoms with E-state index in [1.165, 1.54) is 36.0 Å². The van der Waals surface area contributed by atoms with Crippen LogP contribution in [0.3, 0.4) is 0 Å². The zero-order valence-electron chi connectivity index (χ0n) is 10.2. The number of hydrogen-bond acceptors (Lipinski definition) is 5. The number of carboxylic acids is 1. The molecule has 0 saturated carbocycles. The molecule has 0 spiro atoms. The molecule has 0 bridgehead atoms. The van der Waals surface area contributed by atoms with Gasteiger partial charge in [-0.2, -0.15) is 4.31 Å². The molecule has 0 aromatic heterocycles. The summed E-state index contributed by atoms with van der Waals surface area (Å²) in [6.07, 6.45) is 0. The van der Waals surface area contributed by atoms with Crippen molar-refractivity contribution in [2.24, 2.45) is 5.73 Å². The van der Waals surface area contributed by atoms with E-state index < -0.39 is 27.9 Å². The third kappa shape index (κ3) is 2.65. The van der Waals surface area contributed by atoms with Crippen LogP contribution in [0.5, 0.6) is 0 Å². The summed E-state index contributed by atoms with van der Waals surface area (Å²) in [6.45, 7) is 0. The Labute approximate surface area is 119 Å². The normalized spacial score (nSPS) is 19.9. The molecule has 1 saturated heterocycles. The van der Waals surface area contributed by atoms with Crippen molar-refractivity contribution in [2.45, 2.75) is 10.9 Å². The van der Waals surface area contributed by atoms with Crippen molar-refractivity contribution in [2.75, 3.05) is 11.6 Å². The van der Waals surface area contributed by atoms with E-state index in [1.807, 2.05) is 0 Å². The Bertz CT molecular complexity index is 641. The second-order valence-corrected chi connectivity index (χ2v) is 7.03. The van der Waals surface area contributed by atoms with Crippen molar-refractivity contribution in [1.82, 2.24) is 4.31 Å². The van der Waals surface area contributed by atoms with Crippen LogP contribution in [0, 0.1) is 0 Å². The Balaban J connectivity index is 2.35. The van der Waals surface area contributed by atoms with Crippen molar-refractivity contribution >= 4 is 33.7 Å². The number of hydrogen-bond donors (Lipinski definition) is 2. The molecule has 0 aliphatic carbocycles. The SMILES string of the molecule is NC(=O)c1ccc(S(=O)(=O)N2CSC[C@H]2C(=O)O)cc1. The van der Waals surface area contributed by atoms with Gasteiger partial charge in [-0.15, -0.1) is 11.8 Å². The molecule has 0 unspecified atom stereocenters. The highest BCUT2D eigenvalue weighted by atomic mass is 32.2. The average molecular weight is 316 g/mol. The first-order chi connectivity index (χ1) is 9.34. The summed E-state index contributed by atoms with van der Waals surface area (Å²) in [6, 6.07) is 4.03. The first-order valence-corrected chi connectivity index (χ1v) is 8.16. The van der Waals surface area contributed by atoms with Gasteiger partial charge in [-0.05, 0) is 24.3 Å². The number of carbonyl (C=O) groups is 2. The molecule has 1 amide bonds. The Kier molecular flexibility index (Phi) is 4.02.